The number of hydrogen-bond acceptors (Lipinski definition) is 2. The number of rotatable bonds is 3. The van der Waals surface area contributed by atoms with Gasteiger partial charge in [0.1, 0.15) is 0 Å². The number of nitrogens with zero attached hydrogens (tertiary/aromatic N) is 1. The standard InChI is InChI=1S/C14H17N3O/c1-9-4-5-12(6-10(9)2)15-14(18)8-13-7-11(3)16-17-13/h4-7H,8H2,1-3H3,(H,15,18)(H,16,17). The first-order valence-corrected chi connectivity index (χ1v) is 5.92. The van der Waals surface area contributed by atoms with E-state index >= 15 is 0 Å². The molecule has 0 saturated heterocycles. The first-order valence-electron chi connectivity index (χ1n) is 5.92. The monoisotopic (exact) mass is 243 g/mol. The molecule has 18 heavy (non-hydrogen) atoms. The molecule has 0 aliphatic carbocycles. The number of carbonyl (C=O) groups excluding carboxylic acids is 1. The maximum Gasteiger partial charge on any atom is 0.230 e. The van der Waals surface area contributed by atoms with Gasteiger partial charge in [-0.25, -0.2) is 0 Å². The Morgan fingerprint density at radius 3 is 2.61 bits per heavy atom. The summed E-state index contributed by atoms with van der Waals surface area (Å²) in [5, 5.41) is 9.74. The summed E-state index contributed by atoms with van der Waals surface area (Å²) in [7, 11) is 0. The molecule has 1 aromatic heterocycles. The van der Waals surface area contributed by atoms with E-state index in [1.54, 1.807) is 0 Å². The second-order valence-corrected chi connectivity index (χ2v) is 4.57. The second-order valence-electron chi connectivity index (χ2n) is 4.57. The molecule has 4 heteroatoms. The highest BCUT2D eigenvalue weighted by molar-refractivity contribution is 5.92. The predicted molar refractivity (Wildman–Crippen MR) is 71.6 cm³/mol. The van der Waals surface area contributed by atoms with Crippen molar-refractivity contribution in [1.82, 2.24) is 10.2 Å². The fourth-order valence-electron chi connectivity index (χ4n) is 1.75. The van der Waals surface area contributed by atoms with Crippen LogP contribution in [0.5, 0.6) is 0 Å². The molecule has 0 aliphatic rings. The van der Waals surface area contributed by atoms with E-state index in [9.17, 15) is 4.79 Å². The van der Waals surface area contributed by atoms with E-state index in [0.29, 0.717) is 0 Å². The number of hydrogen-bond donors (Lipinski definition) is 2. The summed E-state index contributed by atoms with van der Waals surface area (Å²) < 4.78 is 0. The van der Waals surface area contributed by atoms with Crippen LogP contribution in [0.2, 0.25) is 0 Å². The molecular formula is C14H17N3O. The first kappa shape index (κ1) is 12.4. The highest BCUT2D eigenvalue weighted by Gasteiger charge is 2.07. The number of H-pyrrole nitrogens is 1. The van der Waals surface area contributed by atoms with Gasteiger partial charge in [-0.1, -0.05) is 6.07 Å². The number of aromatic amines is 1. The summed E-state index contributed by atoms with van der Waals surface area (Å²) in [6, 6.07) is 7.77. The highest BCUT2D eigenvalue weighted by Crippen LogP contribution is 2.14. The quantitative estimate of drug-likeness (QED) is 0.870. The lowest BCUT2D eigenvalue weighted by Gasteiger charge is -2.06. The minimum Gasteiger partial charge on any atom is -0.326 e. The molecule has 0 spiro atoms. The van der Waals surface area contributed by atoms with E-state index in [0.717, 1.165) is 17.1 Å². The zero-order valence-corrected chi connectivity index (χ0v) is 10.9. The van der Waals surface area contributed by atoms with E-state index in [-0.39, 0.29) is 12.3 Å². The van der Waals surface area contributed by atoms with Gasteiger partial charge in [0.25, 0.3) is 0 Å². The summed E-state index contributed by atoms with van der Waals surface area (Å²) in [5.41, 5.74) is 4.94. The molecule has 0 fully saturated rings. The van der Waals surface area contributed by atoms with Gasteiger partial charge in [0.15, 0.2) is 0 Å². The highest BCUT2D eigenvalue weighted by atomic mass is 16.1. The molecule has 1 heterocycles. The Morgan fingerprint density at radius 2 is 2.00 bits per heavy atom. The van der Waals surface area contributed by atoms with Crippen molar-refractivity contribution >= 4 is 11.6 Å². The van der Waals surface area contributed by atoms with Crippen LogP contribution >= 0.6 is 0 Å². The summed E-state index contributed by atoms with van der Waals surface area (Å²) in [6.07, 6.45) is 0.289. The Kier molecular flexibility index (Phi) is 3.46. The molecule has 0 aliphatic heterocycles. The maximum absolute atomic E-state index is 11.8. The van der Waals surface area contributed by atoms with Crippen LogP contribution in [-0.2, 0) is 11.2 Å². The zero-order chi connectivity index (χ0) is 13.1. The van der Waals surface area contributed by atoms with Crippen LogP contribution < -0.4 is 5.32 Å². The molecule has 2 N–H and O–H groups in total. The van der Waals surface area contributed by atoms with Gasteiger partial charge in [0, 0.05) is 11.4 Å². The van der Waals surface area contributed by atoms with Crippen LogP contribution in [0.25, 0.3) is 0 Å². The molecule has 0 saturated carbocycles. The minimum absolute atomic E-state index is 0.0512. The smallest absolute Gasteiger partial charge is 0.230 e. The van der Waals surface area contributed by atoms with Crippen LogP contribution in [0.4, 0.5) is 5.69 Å². The van der Waals surface area contributed by atoms with E-state index in [2.05, 4.69) is 15.5 Å². The Hall–Kier alpha value is -2.10. The third kappa shape index (κ3) is 2.97. The zero-order valence-electron chi connectivity index (χ0n) is 10.9. The third-order valence-electron chi connectivity index (χ3n) is 2.89. The normalized spacial score (nSPS) is 10.4. The fourth-order valence-corrected chi connectivity index (χ4v) is 1.75. The number of benzene rings is 1. The number of anilines is 1. The van der Waals surface area contributed by atoms with Gasteiger partial charge in [0.2, 0.25) is 5.91 Å². The Balaban J connectivity index is 2.00. The summed E-state index contributed by atoms with van der Waals surface area (Å²) >= 11 is 0. The van der Waals surface area contributed by atoms with Gasteiger partial charge in [-0.15, -0.1) is 0 Å². The van der Waals surface area contributed by atoms with Gasteiger partial charge in [-0.2, -0.15) is 5.10 Å². The lowest BCUT2D eigenvalue weighted by molar-refractivity contribution is -0.115. The van der Waals surface area contributed by atoms with Crippen molar-refractivity contribution in [2.24, 2.45) is 0 Å². The molecular weight excluding hydrogens is 226 g/mol. The van der Waals surface area contributed by atoms with Crippen molar-refractivity contribution in [2.45, 2.75) is 27.2 Å². The molecule has 0 unspecified atom stereocenters. The van der Waals surface area contributed by atoms with Crippen molar-refractivity contribution in [1.29, 1.82) is 0 Å². The molecule has 2 rings (SSSR count). The van der Waals surface area contributed by atoms with Gasteiger partial charge in [-0.3, -0.25) is 9.89 Å². The van der Waals surface area contributed by atoms with E-state index < -0.39 is 0 Å². The largest absolute Gasteiger partial charge is 0.326 e. The Bertz CT molecular complexity index is 572. The van der Waals surface area contributed by atoms with E-state index in [1.165, 1.54) is 11.1 Å². The van der Waals surface area contributed by atoms with Crippen molar-refractivity contribution in [2.75, 3.05) is 5.32 Å². The number of carbonyl (C=O) groups is 1. The average Bonchev–Trinajstić information content (AvgIpc) is 2.69. The van der Waals surface area contributed by atoms with Crippen LogP contribution in [0, 0.1) is 20.8 Å². The maximum atomic E-state index is 11.8. The van der Waals surface area contributed by atoms with Crippen molar-refractivity contribution in [3.63, 3.8) is 0 Å². The van der Waals surface area contributed by atoms with E-state index in [1.807, 2.05) is 45.0 Å². The van der Waals surface area contributed by atoms with Crippen molar-refractivity contribution < 1.29 is 4.79 Å². The van der Waals surface area contributed by atoms with Crippen LogP contribution in [-0.4, -0.2) is 16.1 Å². The van der Waals surface area contributed by atoms with E-state index in [4.69, 9.17) is 0 Å². The molecule has 1 amide bonds. The van der Waals surface area contributed by atoms with Gasteiger partial charge < -0.3 is 5.32 Å². The Labute approximate surface area is 106 Å². The van der Waals surface area contributed by atoms with Crippen LogP contribution in [0.15, 0.2) is 24.3 Å². The van der Waals surface area contributed by atoms with Gasteiger partial charge >= 0.3 is 0 Å². The Morgan fingerprint density at radius 1 is 1.22 bits per heavy atom. The fraction of sp³-hybridized carbons (Fsp3) is 0.286. The lowest BCUT2D eigenvalue weighted by Crippen LogP contribution is -2.14. The predicted octanol–water partition coefficient (Wildman–Crippen LogP) is 2.52. The molecule has 1 aromatic carbocycles. The topological polar surface area (TPSA) is 57.8 Å². The van der Waals surface area contributed by atoms with Crippen molar-refractivity contribution in [3.05, 3.63) is 46.8 Å². The molecule has 0 bridgehead atoms. The van der Waals surface area contributed by atoms with Crippen LogP contribution in [0.1, 0.15) is 22.5 Å². The molecule has 94 valence electrons. The van der Waals surface area contributed by atoms with Crippen molar-refractivity contribution in [3.8, 4) is 0 Å². The number of aromatic nitrogens is 2. The number of aryl methyl sites for hydroxylation is 3. The van der Waals surface area contributed by atoms with Crippen LogP contribution in [0.3, 0.4) is 0 Å². The molecule has 0 radical (unpaired) electrons. The summed E-state index contributed by atoms with van der Waals surface area (Å²) in [4.78, 5) is 11.8. The average molecular weight is 243 g/mol. The number of nitrogens with one attached hydrogen (secondary N) is 2. The molecule has 2 aromatic rings. The molecule has 0 atom stereocenters. The summed E-state index contributed by atoms with van der Waals surface area (Å²) in [5.74, 6) is -0.0512. The lowest BCUT2D eigenvalue weighted by atomic mass is 10.1. The first-order chi connectivity index (χ1) is 8.54. The SMILES string of the molecule is Cc1cc(CC(=O)Nc2ccc(C)c(C)c2)n[nH]1. The van der Waals surface area contributed by atoms with Gasteiger partial charge in [-0.05, 0) is 50.1 Å². The van der Waals surface area contributed by atoms with Gasteiger partial charge in [0.05, 0.1) is 12.1 Å². The minimum atomic E-state index is -0.0512. The third-order valence-corrected chi connectivity index (χ3v) is 2.89. The summed E-state index contributed by atoms with van der Waals surface area (Å²) in [6.45, 7) is 5.99. The molecule has 4 nitrogen and oxygen atoms in total. The second kappa shape index (κ2) is 5.04. The number of amides is 1.